The van der Waals surface area contributed by atoms with Gasteiger partial charge in [0.25, 0.3) is 0 Å². The van der Waals surface area contributed by atoms with E-state index in [4.69, 9.17) is 4.98 Å². The van der Waals surface area contributed by atoms with Crippen molar-refractivity contribution >= 4 is 44.9 Å². The van der Waals surface area contributed by atoms with Gasteiger partial charge in [-0.3, -0.25) is 4.79 Å². The van der Waals surface area contributed by atoms with Crippen LogP contribution in [-0.2, 0) is 24.8 Å². The molecular formula is C26H26N6OS2. The van der Waals surface area contributed by atoms with Gasteiger partial charge in [-0.05, 0) is 67.9 Å². The molecule has 35 heavy (non-hydrogen) atoms. The molecule has 7 nitrogen and oxygen atoms in total. The van der Waals surface area contributed by atoms with Crippen LogP contribution in [0.25, 0.3) is 20.8 Å². The number of nitrogens with zero attached hydrogens (tertiary/aromatic N) is 5. The van der Waals surface area contributed by atoms with Crippen molar-refractivity contribution in [3.63, 3.8) is 0 Å². The molecule has 5 aromatic rings. The predicted molar refractivity (Wildman–Crippen MR) is 143 cm³/mol. The first-order valence-electron chi connectivity index (χ1n) is 11.4. The second-order valence-electron chi connectivity index (χ2n) is 8.33. The van der Waals surface area contributed by atoms with Gasteiger partial charge in [0.15, 0.2) is 5.16 Å². The van der Waals surface area contributed by atoms with Crippen LogP contribution in [0.1, 0.15) is 24.0 Å². The molecule has 3 aromatic heterocycles. The number of hydrogen-bond acceptors (Lipinski definition) is 6. The van der Waals surface area contributed by atoms with Gasteiger partial charge in [-0.1, -0.05) is 17.8 Å². The Morgan fingerprint density at radius 2 is 1.94 bits per heavy atom. The molecule has 0 saturated heterocycles. The molecule has 5 rings (SSSR count). The Labute approximate surface area is 212 Å². The molecule has 3 heterocycles. The van der Waals surface area contributed by atoms with Gasteiger partial charge >= 0.3 is 0 Å². The standard InChI is InChI=1S/C26H26N6OS2/c1-4-32-23(15-20-6-5-13-31(20)3)29-30-26(32)34-16-24(33)27-19-10-8-18(9-11-19)25-28-21-12-7-17(2)14-22(21)35-25/h5-14H,4,15-16H2,1-3H3,(H,27,33). The molecule has 1 N–H and O–H groups in total. The topological polar surface area (TPSA) is 77.6 Å². The molecule has 0 radical (unpaired) electrons. The lowest BCUT2D eigenvalue weighted by Gasteiger charge is -2.08. The van der Waals surface area contributed by atoms with Crippen LogP contribution < -0.4 is 5.32 Å². The van der Waals surface area contributed by atoms with E-state index in [-0.39, 0.29) is 11.7 Å². The molecule has 0 saturated carbocycles. The molecule has 0 atom stereocenters. The Hall–Kier alpha value is -3.43. The normalized spacial score (nSPS) is 11.3. The number of thiazole rings is 1. The summed E-state index contributed by atoms with van der Waals surface area (Å²) in [5.41, 5.74) is 5.21. The fourth-order valence-corrected chi connectivity index (χ4v) is 5.79. The Bertz CT molecular complexity index is 1480. The summed E-state index contributed by atoms with van der Waals surface area (Å²) in [4.78, 5) is 17.3. The monoisotopic (exact) mass is 502 g/mol. The van der Waals surface area contributed by atoms with Crippen LogP contribution in [-0.4, -0.2) is 36.0 Å². The maximum atomic E-state index is 12.6. The fourth-order valence-electron chi connectivity index (χ4n) is 3.89. The van der Waals surface area contributed by atoms with E-state index < -0.39 is 0 Å². The summed E-state index contributed by atoms with van der Waals surface area (Å²) in [5, 5.41) is 13.4. The van der Waals surface area contributed by atoms with Crippen LogP contribution in [0.4, 0.5) is 5.69 Å². The fraction of sp³-hybridized carbons (Fsp3) is 0.231. The lowest BCUT2D eigenvalue weighted by Crippen LogP contribution is -2.14. The van der Waals surface area contributed by atoms with E-state index in [0.29, 0.717) is 6.42 Å². The predicted octanol–water partition coefficient (Wildman–Crippen LogP) is 5.54. The van der Waals surface area contributed by atoms with Gasteiger partial charge in [-0.2, -0.15) is 0 Å². The number of carbonyl (C=O) groups excluding carboxylic acids is 1. The van der Waals surface area contributed by atoms with Gasteiger partial charge in [0.05, 0.1) is 16.0 Å². The minimum atomic E-state index is -0.0761. The quantitative estimate of drug-likeness (QED) is 0.282. The minimum Gasteiger partial charge on any atom is -0.354 e. The van der Waals surface area contributed by atoms with Crippen molar-refractivity contribution in [2.45, 2.75) is 32.0 Å². The number of nitrogens with one attached hydrogen (secondary N) is 1. The summed E-state index contributed by atoms with van der Waals surface area (Å²) in [7, 11) is 2.02. The third-order valence-electron chi connectivity index (χ3n) is 5.79. The largest absolute Gasteiger partial charge is 0.354 e. The summed E-state index contributed by atoms with van der Waals surface area (Å²) >= 11 is 3.08. The van der Waals surface area contributed by atoms with Gasteiger partial charge in [-0.15, -0.1) is 21.5 Å². The molecule has 9 heteroatoms. The van der Waals surface area contributed by atoms with Crippen molar-refractivity contribution in [1.29, 1.82) is 0 Å². The second kappa shape index (κ2) is 10.1. The van der Waals surface area contributed by atoms with Crippen molar-refractivity contribution in [2.75, 3.05) is 11.1 Å². The molecule has 0 fully saturated rings. The van der Waals surface area contributed by atoms with E-state index in [0.717, 1.165) is 39.3 Å². The summed E-state index contributed by atoms with van der Waals surface area (Å²) in [6, 6.07) is 18.2. The zero-order valence-electron chi connectivity index (χ0n) is 19.9. The van der Waals surface area contributed by atoms with Crippen LogP contribution >= 0.6 is 23.1 Å². The number of aryl methyl sites for hydroxylation is 2. The average molecular weight is 503 g/mol. The Morgan fingerprint density at radius 3 is 2.69 bits per heavy atom. The number of amides is 1. The first kappa shape index (κ1) is 23.3. The van der Waals surface area contributed by atoms with Crippen LogP contribution in [0, 0.1) is 6.92 Å². The van der Waals surface area contributed by atoms with Crippen LogP contribution in [0.5, 0.6) is 0 Å². The van der Waals surface area contributed by atoms with Crippen molar-refractivity contribution in [3.8, 4) is 10.6 Å². The second-order valence-corrected chi connectivity index (χ2v) is 10.3. The number of anilines is 1. The molecular weight excluding hydrogens is 476 g/mol. The summed E-state index contributed by atoms with van der Waals surface area (Å²) in [6.07, 6.45) is 2.73. The highest BCUT2D eigenvalue weighted by atomic mass is 32.2. The molecule has 0 aliphatic heterocycles. The Kier molecular flexibility index (Phi) is 6.70. The number of fused-ring (bicyclic) bond motifs is 1. The molecule has 0 unspecified atom stereocenters. The molecule has 0 aliphatic carbocycles. The highest BCUT2D eigenvalue weighted by Crippen LogP contribution is 2.31. The third kappa shape index (κ3) is 5.16. The van der Waals surface area contributed by atoms with E-state index in [2.05, 4.69) is 62.8 Å². The highest BCUT2D eigenvalue weighted by Gasteiger charge is 2.15. The van der Waals surface area contributed by atoms with E-state index in [1.54, 1.807) is 11.3 Å². The van der Waals surface area contributed by atoms with E-state index >= 15 is 0 Å². The number of hydrogen-bond donors (Lipinski definition) is 1. The smallest absolute Gasteiger partial charge is 0.234 e. The number of thioether (sulfide) groups is 1. The molecule has 0 aliphatic rings. The number of benzene rings is 2. The molecule has 178 valence electrons. The van der Waals surface area contributed by atoms with E-state index in [1.807, 2.05) is 43.6 Å². The zero-order valence-corrected chi connectivity index (χ0v) is 21.5. The van der Waals surface area contributed by atoms with Gasteiger partial charge in [0.1, 0.15) is 10.8 Å². The molecule has 1 amide bonds. The van der Waals surface area contributed by atoms with Gasteiger partial charge in [0.2, 0.25) is 5.91 Å². The SMILES string of the molecule is CCn1c(Cc2cccn2C)nnc1SCC(=O)Nc1ccc(-c2nc3ccc(C)cc3s2)cc1. The van der Waals surface area contributed by atoms with Crippen LogP contribution in [0.15, 0.2) is 66.0 Å². The molecule has 0 bridgehead atoms. The number of aromatic nitrogens is 5. The number of rotatable bonds is 8. The van der Waals surface area contributed by atoms with Gasteiger partial charge in [-0.25, -0.2) is 4.98 Å². The maximum Gasteiger partial charge on any atom is 0.234 e. The number of carbonyl (C=O) groups is 1. The molecule has 2 aromatic carbocycles. The summed E-state index contributed by atoms with van der Waals surface area (Å²) in [5.74, 6) is 1.09. The van der Waals surface area contributed by atoms with Crippen LogP contribution in [0.2, 0.25) is 0 Å². The Morgan fingerprint density at radius 1 is 1.11 bits per heavy atom. The summed E-state index contributed by atoms with van der Waals surface area (Å²) in [6.45, 7) is 4.91. The van der Waals surface area contributed by atoms with E-state index in [9.17, 15) is 4.79 Å². The average Bonchev–Trinajstić information content (AvgIpc) is 3.56. The molecule has 0 spiro atoms. The van der Waals surface area contributed by atoms with Crippen LogP contribution in [0.3, 0.4) is 0 Å². The van der Waals surface area contributed by atoms with Crippen molar-refractivity contribution in [1.82, 2.24) is 24.3 Å². The van der Waals surface area contributed by atoms with Gasteiger partial charge in [0, 0.05) is 43.2 Å². The van der Waals surface area contributed by atoms with Crippen molar-refractivity contribution in [2.24, 2.45) is 7.05 Å². The third-order valence-corrected chi connectivity index (χ3v) is 7.83. The van der Waals surface area contributed by atoms with E-state index in [1.165, 1.54) is 27.7 Å². The lowest BCUT2D eigenvalue weighted by molar-refractivity contribution is -0.113. The minimum absolute atomic E-state index is 0.0761. The highest BCUT2D eigenvalue weighted by molar-refractivity contribution is 7.99. The summed E-state index contributed by atoms with van der Waals surface area (Å²) < 4.78 is 5.33. The lowest BCUT2D eigenvalue weighted by atomic mass is 10.2. The maximum absolute atomic E-state index is 12.6. The van der Waals surface area contributed by atoms with Gasteiger partial charge < -0.3 is 14.5 Å². The first-order chi connectivity index (χ1) is 17.0. The Balaban J connectivity index is 1.20. The van der Waals surface area contributed by atoms with Crippen molar-refractivity contribution < 1.29 is 4.79 Å². The zero-order chi connectivity index (χ0) is 24.4. The van der Waals surface area contributed by atoms with Crippen molar-refractivity contribution in [3.05, 3.63) is 77.9 Å². The first-order valence-corrected chi connectivity index (χ1v) is 13.2.